The van der Waals surface area contributed by atoms with Crippen LogP contribution in [0.2, 0.25) is 5.02 Å². The number of hydrogen-bond acceptors (Lipinski definition) is 6. The van der Waals surface area contributed by atoms with Crippen LogP contribution in [0.1, 0.15) is 17.5 Å². The first-order valence-electron chi connectivity index (χ1n) is 9.51. The van der Waals surface area contributed by atoms with E-state index in [9.17, 15) is 8.78 Å². The summed E-state index contributed by atoms with van der Waals surface area (Å²) >= 11 is 6.33. The lowest BCUT2D eigenvalue weighted by atomic mass is 10.1. The number of anilines is 1. The van der Waals surface area contributed by atoms with Crippen LogP contribution in [0.3, 0.4) is 0 Å². The monoisotopic (exact) mass is 457 g/mol. The van der Waals surface area contributed by atoms with Crippen molar-refractivity contribution in [3.05, 3.63) is 88.8 Å². The molecule has 9 heteroatoms. The van der Waals surface area contributed by atoms with Crippen molar-refractivity contribution in [1.29, 1.82) is 0 Å². The molecule has 1 aromatic heterocycles. The molecule has 0 spiro atoms. The third-order valence-corrected chi connectivity index (χ3v) is 5.05. The van der Waals surface area contributed by atoms with E-state index in [2.05, 4.69) is 15.5 Å². The summed E-state index contributed by atoms with van der Waals surface area (Å²) in [6, 6.07) is 14.3. The Balaban J connectivity index is 1.75. The second-order valence-corrected chi connectivity index (χ2v) is 7.18. The molecular formula is C23H18ClF2N3O3. The molecule has 1 N–H and O–H groups in total. The van der Waals surface area contributed by atoms with E-state index < -0.39 is 17.7 Å². The third-order valence-electron chi connectivity index (χ3n) is 4.73. The first-order valence-corrected chi connectivity index (χ1v) is 9.89. The van der Waals surface area contributed by atoms with Gasteiger partial charge in [-0.2, -0.15) is 0 Å². The molecule has 0 aliphatic rings. The van der Waals surface area contributed by atoms with Gasteiger partial charge >= 0.3 is 0 Å². The van der Waals surface area contributed by atoms with Crippen molar-refractivity contribution in [2.24, 2.45) is 0 Å². The Hall–Kier alpha value is -3.65. The first-order chi connectivity index (χ1) is 15.5. The van der Waals surface area contributed by atoms with Crippen LogP contribution in [0.4, 0.5) is 14.5 Å². The molecule has 0 unspecified atom stereocenters. The summed E-state index contributed by atoms with van der Waals surface area (Å²) in [6.45, 7) is 0. The van der Waals surface area contributed by atoms with Gasteiger partial charge in [0.1, 0.15) is 17.7 Å². The van der Waals surface area contributed by atoms with E-state index in [-0.39, 0.29) is 16.8 Å². The zero-order valence-corrected chi connectivity index (χ0v) is 17.9. The number of nitrogens with one attached hydrogen (secondary N) is 1. The number of rotatable bonds is 7. The minimum absolute atomic E-state index is 0.136. The molecule has 32 heavy (non-hydrogen) atoms. The second kappa shape index (κ2) is 9.23. The molecule has 0 saturated heterocycles. The molecule has 6 nitrogen and oxygen atoms in total. The van der Waals surface area contributed by atoms with E-state index in [4.69, 9.17) is 25.5 Å². The Labute approximate surface area is 187 Å². The molecular weight excluding hydrogens is 440 g/mol. The zero-order chi connectivity index (χ0) is 22.7. The molecule has 0 fully saturated rings. The fraction of sp³-hybridized carbons (Fsp3) is 0.130. The number of ether oxygens (including phenoxy) is 2. The van der Waals surface area contributed by atoms with Crippen LogP contribution in [0.5, 0.6) is 11.5 Å². The molecule has 4 aromatic rings. The molecule has 1 heterocycles. The number of hydrogen-bond donors (Lipinski definition) is 1. The van der Waals surface area contributed by atoms with Crippen molar-refractivity contribution in [3.8, 4) is 23.0 Å². The first kappa shape index (κ1) is 21.6. The normalized spacial score (nSPS) is 11.8. The van der Waals surface area contributed by atoms with E-state index >= 15 is 0 Å². The average molecular weight is 458 g/mol. The van der Waals surface area contributed by atoms with E-state index in [1.54, 1.807) is 37.4 Å². The molecule has 0 aliphatic carbocycles. The molecule has 0 aliphatic heterocycles. The molecule has 0 saturated carbocycles. The fourth-order valence-electron chi connectivity index (χ4n) is 3.19. The number of methoxy groups -OCH3 is 2. The highest BCUT2D eigenvalue weighted by Gasteiger charge is 2.24. The van der Waals surface area contributed by atoms with Crippen LogP contribution in [0, 0.1) is 11.6 Å². The molecule has 164 valence electrons. The van der Waals surface area contributed by atoms with Crippen molar-refractivity contribution in [3.63, 3.8) is 0 Å². The average Bonchev–Trinajstić information content (AvgIpc) is 3.28. The standard InChI is InChI=1S/C23H18ClF2N3O3/c1-30-19-9-7-16(12-20(19)31-2)27-21(17-8-6-15(26)11-18(17)24)23-29-28-22(32-23)13-4-3-5-14(25)10-13/h3-12,21,27H,1-2H3/t21-/m0/s1. The van der Waals surface area contributed by atoms with Crippen molar-refractivity contribution < 1.29 is 22.7 Å². The maximum Gasteiger partial charge on any atom is 0.247 e. The molecule has 4 rings (SSSR count). The predicted octanol–water partition coefficient (Wildman–Crippen LogP) is 5.89. The van der Waals surface area contributed by atoms with Gasteiger partial charge in [0.2, 0.25) is 11.8 Å². The topological polar surface area (TPSA) is 69.4 Å². The van der Waals surface area contributed by atoms with Crippen LogP contribution in [0.25, 0.3) is 11.5 Å². The molecule has 0 radical (unpaired) electrons. The maximum absolute atomic E-state index is 13.7. The summed E-state index contributed by atoms with van der Waals surface area (Å²) in [6.07, 6.45) is 0. The highest BCUT2D eigenvalue weighted by Crippen LogP contribution is 2.36. The van der Waals surface area contributed by atoms with Gasteiger partial charge in [-0.15, -0.1) is 10.2 Å². The highest BCUT2D eigenvalue weighted by atomic mass is 35.5. The predicted molar refractivity (Wildman–Crippen MR) is 116 cm³/mol. The summed E-state index contributed by atoms with van der Waals surface area (Å²) in [5.41, 5.74) is 1.58. The van der Waals surface area contributed by atoms with Crippen molar-refractivity contribution in [2.75, 3.05) is 19.5 Å². The van der Waals surface area contributed by atoms with E-state index in [0.29, 0.717) is 28.3 Å². The number of nitrogens with zero attached hydrogens (tertiary/aromatic N) is 2. The Kier molecular flexibility index (Phi) is 6.23. The number of benzene rings is 3. The van der Waals surface area contributed by atoms with Gasteiger partial charge in [0, 0.05) is 27.9 Å². The second-order valence-electron chi connectivity index (χ2n) is 6.77. The largest absolute Gasteiger partial charge is 0.493 e. The molecule has 0 bridgehead atoms. The van der Waals surface area contributed by atoms with E-state index in [1.807, 2.05) is 0 Å². The third kappa shape index (κ3) is 4.50. The van der Waals surface area contributed by atoms with Crippen LogP contribution in [-0.2, 0) is 0 Å². The van der Waals surface area contributed by atoms with Gasteiger partial charge < -0.3 is 19.2 Å². The van der Waals surface area contributed by atoms with Crippen LogP contribution < -0.4 is 14.8 Å². The Morgan fingerprint density at radius 2 is 1.69 bits per heavy atom. The SMILES string of the molecule is COc1ccc(N[C@H](c2nnc(-c3cccc(F)c3)o2)c2ccc(F)cc2Cl)cc1OC. The lowest BCUT2D eigenvalue weighted by molar-refractivity contribution is 0.355. The lowest BCUT2D eigenvalue weighted by Gasteiger charge is -2.19. The highest BCUT2D eigenvalue weighted by molar-refractivity contribution is 6.31. The Bertz CT molecular complexity index is 1250. The van der Waals surface area contributed by atoms with Crippen molar-refractivity contribution in [2.45, 2.75) is 6.04 Å². The number of aromatic nitrogens is 2. The van der Waals surface area contributed by atoms with Gasteiger partial charge in [-0.25, -0.2) is 8.78 Å². The Morgan fingerprint density at radius 3 is 2.41 bits per heavy atom. The lowest BCUT2D eigenvalue weighted by Crippen LogP contribution is -2.14. The van der Waals surface area contributed by atoms with Gasteiger partial charge in [0.05, 0.1) is 14.2 Å². The number of halogens is 3. The summed E-state index contributed by atoms with van der Waals surface area (Å²) in [5, 5.41) is 11.6. The van der Waals surface area contributed by atoms with Gasteiger partial charge in [-0.1, -0.05) is 23.7 Å². The fourth-order valence-corrected chi connectivity index (χ4v) is 3.47. The smallest absolute Gasteiger partial charge is 0.247 e. The summed E-state index contributed by atoms with van der Waals surface area (Å²) in [4.78, 5) is 0. The van der Waals surface area contributed by atoms with Crippen molar-refractivity contribution in [1.82, 2.24) is 10.2 Å². The maximum atomic E-state index is 13.7. The molecule has 3 aromatic carbocycles. The zero-order valence-electron chi connectivity index (χ0n) is 17.1. The Morgan fingerprint density at radius 1 is 0.906 bits per heavy atom. The minimum Gasteiger partial charge on any atom is -0.493 e. The van der Waals surface area contributed by atoms with Crippen LogP contribution in [0.15, 0.2) is 65.1 Å². The van der Waals surface area contributed by atoms with Gasteiger partial charge in [0.25, 0.3) is 0 Å². The quantitative estimate of drug-likeness (QED) is 0.373. The van der Waals surface area contributed by atoms with Crippen molar-refractivity contribution >= 4 is 17.3 Å². The molecule has 0 amide bonds. The van der Waals surface area contributed by atoms with Crippen LogP contribution >= 0.6 is 11.6 Å². The molecule has 1 atom stereocenters. The van der Waals surface area contributed by atoms with E-state index in [0.717, 1.165) is 0 Å². The van der Waals surface area contributed by atoms with Gasteiger partial charge in [-0.05, 0) is 42.5 Å². The summed E-state index contributed by atoms with van der Waals surface area (Å²) < 4.78 is 43.7. The van der Waals surface area contributed by atoms with E-state index in [1.165, 1.54) is 37.4 Å². The summed E-state index contributed by atoms with van der Waals surface area (Å²) in [5.74, 6) is 0.454. The minimum atomic E-state index is -0.726. The van der Waals surface area contributed by atoms with Gasteiger partial charge in [0.15, 0.2) is 11.5 Å². The summed E-state index contributed by atoms with van der Waals surface area (Å²) in [7, 11) is 3.07. The van der Waals surface area contributed by atoms with Crippen LogP contribution in [-0.4, -0.2) is 24.4 Å². The van der Waals surface area contributed by atoms with Gasteiger partial charge in [-0.3, -0.25) is 0 Å².